The van der Waals surface area contributed by atoms with Gasteiger partial charge in [0.2, 0.25) is 0 Å². The number of ether oxygens (including phenoxy) is 1. The average Bonchev–Trinajstić information content (AvgIpc) is 2.29. The second-order valence-electron chi connectivity index (χ2n) is 3.98. The van der Waals surface area contributed by atoms with Crippen LogP contribution in [0.5, 0.6) is 0 Å². The van der Waals surface area contributed by atoms with Crippen molar-refractivity contribution in [2.45, 2.75) is 39.2 Å². The summed E-state index contributed by atoms with van der Waals surface area (Å²) in [4.78, 5) is 15.9. The number of aryl methyl sites for hydroxylation is 1. The Morgan fingerprint density at radius 3 is 2.75 bits per heavy atom. The fourth-order valence-corrected chi connectivity index (χ4v) is 1.45. The molecule has 1 atom stereocenters. The van der Waals surface area contributed by atoms with Crippen LogP contribution in [0.1, 0.15) is 31.5 Å². The number of nitrogens with zero attached hydrogens (tertiary/aromatic N) is 1. The molecule has 0 aromatic carbocycles. The third-order valence-corrected chi connectivity index (χ3v) is 2.59. The van der Waals surface area contributed by atoms with Gasteiger partial charge in [-0.15, -0.1) is 0 Å². The van der Waals surface area contributed by atoms with Crippen molar-refractivity contribution in [2.75, 3.05) is 7.11 Å². The molecular formula is C13H19NO2. The first-order chi connectivity index (χ1) is 7.65. The molecule has 0 bridgehead atoms. The monoisotopic (exact) mass is 221 g/mol. The van der Waals surface area contributed by atoms with Crippen LogP contribution in [0, 0.1) is 0 Å². The summed E-state index contributed by atoms with van der Waals surface area (Å²) in [6, 6.07) is 3.95. The van der Waals surface area contributed by atoms with Gasteiger partial charge in [-0.25, -0.2) is 0 Å². The highest BCUT2D eigenvalue weighted by Crippen LogP contribution is 2.05. The van der Waals surface area contributed by atoms with E-state index in [-0.39, 0.29) is 11.9 Å². The summed E-state index contributed by atoms with van der Waals surface area (Å²) in [5.41, 5.74) is 2.03. The van der Waals surface area contributed by atoms with Gasteiger partial charge >= 0.3 is 0 Å². The Bertz CT molecular complexity index is 332. The maximum atomic E-state index is 11.6. The van der Waals surface area contributed by atoms with Crippen molar-refractivity contribution in [3.05, 3.63) is 29.6 Å². The van der Waals surface area contributed by atoms with Crippen molar-refractivity contribution in [2.24, 2.45) is 0 Å². The molecule has 0 saturated carbocycles. The molecule has 0 aliphatic rings. The van der Waals surface area contributed by atoms with E-state index < -0.39 is 0 Å². The average molecular weight is 221 g/mol. The molecule has 88 valence electrons. The SMILES string of the molecule is CCc1ccc(CC(=O)CC(C)OC)nc1. The Labute approximate surface area is 96.8 Å². The molecule has 1 aromatic rings. The first-order valence-electron chi connectivity index (χ1n) is 5.64. The Hall–Kier alpha value is -1.22. The predicted molar refractivity (Wildman–Crippen MR) is 63.4 cm³/mol. The van der Waals surface area contributed by atoms with Gasteiger partial charge in [0.15, 0.2) is 0 Å². The third kappa shape index (κ3) is 4.11. The minimum Gasteiger partial charge on any atom is -0.381 e. The Kier molecular flexibility index (Phi) is 5.12. The van der Waals surface area contributed by atoms with E-state index in [9.17, 15) is 4.79 Å². The molecule has 16 heavy (non-hydrogen) atoms. The van der Waals surface area contributed by atoms with Crippen LogP contribution in [-0.4, -0.2) is 24.0 Å². The van der Waals surface area contributed by atoms with Gasteiger partial charge in [0.25, 0.3) is 0 Å². The van der Waals surface area contributed by atoms with Crippen LogP contribution in [-0.2, 0) is 22.4 Å². The highest BCUT2D eigenvalue weighted by Gasteiger charge is 2.09. The van der Waals surface area contributed by atoms with E-state index in [1.165, 1.54) is 5.56 Å². The Morgan fingerprint density at radius 1 is 1.50 bits per heavy atom. The zero-order chi connectivity index (χ0) is 12.0. The summed E-state index contributed by atoms with van der Waals surface area (Å²) in [6.07, 6.45) is 3.65. The van der Waals surface area contributed by atoms with Crippen LogP contribution in [0.3, 0.4) is 0 Å². The van der Waals surface area contributed by atoms with Crippen molar-refractivity contribution in [3.8, 4) is 0 Å². The quantitative estimate of drug-likeness (QED) is 0.739. The van der Waals surface area contributed by atoms with Crippen molar-refractivity contribution < 1.29 is 9.53 Å². The number of carbonyl (C=O) groups excluding carboxylic acids is 1. The molecule has 0 amide bonds. The lowest BCUT2D eigenvalue weighted by Gasteiger charge is -2.07. The first-order valence-corrected chi connectivity index (χ1v) is 5.64. The smallest absolute Gasteiger partial charge is 0.141 e. The van der Waals surface area contributed by atoms with Gasteiger partial charge < -0.3 is 4.74 Å². The normalized spacial score (nSPS) is 12.4. The fraction of sp³-hybridized carbons (Fsp3) is 0.538. The molecule has 3 nitrogen and oxygen atoms in total. The maximum Gasteiger partial charge on any atom is 0.141 e. The highest BCUT2D eigenvalue weighted by molar-refractivity contribution is 5.80. The van der Waals surface area contributed by atoms with Crippen molar-refractivity contribution in [3.63, 3.8) is 0 Å². The number of ketones is 1. The predicted octanol–water partition coefficient (Wildman–Crippen LogP) is 2.18. The third-order valence-electron chi connectivity index (χ3n) is 2.59. The Morgan fingerprint density at radius 2 is 2.25 bits per heavy atom. The number of pyridine rings is 1. The highest BCUT2D eigenvalue weighted by atomic mass is 16.5. The minimum atomic E-state index is -0.0117. The van der Waals surface area contributed by atoms with Gasteiger partial charge in [-0.2, -0.15) is 0 Å². The van der Waals surface area contributed by atoms with E-state index in [2.05, 4.69) is 11.9 Å². The van der Waals surface area contributed by atoms with Crippen molar-refractivity contribution in [1.82, 2.24) is 4.98 Å². The van der Waals surface area contributed by atoms with Crippen molar-refractivity contribution >= 4 is 5.78 Å². The summed E-state index contributed by atoms with van der Waals surface area (Å²) in [5, 5.41) is 0. The van der Waals surface area contributed by atoms with Crippen LogP contribution in [0.4, 0.5) is 0 Å². The molecular weight excluding hydrogens is 202 g/mol. The van der Waals surface area contributed by atoms with Gasteiger partial charge in [0.05, 0.1) is 6.10 Å². The second kappa shape index (κ2) is 6.38. The van der Waals surface area contributed by atoms with Crippen LogP contribution in [0.15, 0.2) is 18.3 Å². The second-order valence-corrected chi connectivity index (χ2v) is 3.98. The summed E-state index contributed by atoms with van der Waals surface area (Å²) in [6.45, 7) is 3.98. The molecule has 0 N–H and O–H groups in total. The summed E-state index contributed by atoms with van der Waals surface area (Å²) in [7, 11) is 1.62. The van der Waals surface area contributed by atoms with Gasteiger partial charge in [0.1, 0.15) is 5.78 Å². The van der Waals surface area contributed by atoms with Crippen molar-refractivity contribution in [1.29, 1.82) is 0 Å². The van der Waals surface area contributed by atoms with Crippen LogP contribution < -0.4 is 0 Å². The molecule has 0 radical (unpaired) electrons. The van der Waals surface area contributed by atoms with E-state index >= 15 is 0 Å². The number of aromatic nitrogens is 1. The Balaban J connectivity index is 2.49. The lowest BCUT2D eigenvalue weighted by Crippen LogP contribution is -2.14. The zero-order valence-corrected chi connectivity index (χ0v) is 10.2. The summed E-state index contributed by atoms with van der Waals surface area (Å²) >= 11 is 0. The van der Waals surface area contributed by atoms with E-state index in [0.717, 1.165) is 12.1 Å². The number of Topliss-reactive ketones (excluding diaryl/α,β-unsaturated/α-hetero) is 1. The molecule has 0 spiro atoms. The lowest BCUT2D eigenvalue weighted by molar-refractivity contribution is -0.120. The largest absolute Gasteiger partial charge is 0.381 e. The first kappa shape index (κ1) is 12.8. The molecule has 1 unspecified atom stereocenters. The summed E-state index contributed by atoms with van der Waals surface area (Å²) < 4.78 is 5.05. The molecule has 1 heterocycles. The van der Waals surface area contributed by atoms with Gasteiger partial charge in [-0.1, -0.05) is 13.0 Å². The molecule has 0 aliphatic carbocycles. The molecule has 1 rings (SSSR count). The molecule has 0 saturated heterocycles. The molecule has 1 aromatic heterocycles. The number of hydrogen-bond donors (Lipinski definition) is 0. The lowest BCUT2D eigenvalue weighted by atomic mass is 10.1. The number of carbonyl (C=O) groups is 1. The molecule has 0 fully saturated rings. The standard InChI is InChI=1S/C13H19NO2/c1-4-11-5-6-12(14-9-11)8-13(15)7-10(2)16-3/h5-6,9-10H,4,7-8H2,1-3H3. The van der Waals surface area contributed by atoms with E-state index in [1.807, 2.05) is 25.3 Å². The summed E-state index contributed by atoms with van der Waals surface area (Å²) in [5.74, 6) is 0.172. The van der Waals surface area contributed by atoms with E-state index in [4.69, 9.17) is 4.74 Å². The van der Waals surface area contributed by atoms with Crippen LogP contribution in [0.2, 0.25) is 0 Å². The van der Waals surface area contributed by atoms with Gasteiger partial charge in [-0.05, 0) is 25.0 Å². The van der Waals surface area contributed by atoms with Gasteiger partial charge in [-0.3, -0.25) is 9.78 Å². The molecule has 0 aliphatic heterocycles. The number of hydrogen-bond acceptors (Lipinski definition) is 3. The maximum absolute atomic E-state index is 11.6. The zero-order valence-electron chi connectivity index (χ0n) is 10.2. The number of methoxy groups -OCH3 is 1. The molecule has 3 heteroatoms. The fourth-order valence-electron chi connectivity index (χ4n) is 1.45. The van der Waals surface area contributed by atoms with E-state index in [1.54, 1.807) is 7.11 Å². The topological polar surface area (TPSA) is 39.2 Å². The van der Waals surface area contributed by atoms with Crippen LogP contribution >= 0.6 is 0 Å². The van der Waals surface area contributed by atoms with Crippen LogP contribution in [0.25, 0.3) is 0 Å². The van der Waals surface area contributed by atoms with E-state index in [0.29, 0.717) is 12.8 Å². The number of rotatable bonds is 6. The van der Waals surface area contributed by atoms with Gasteiger partial charge in [0, 0.05) is 31.8 Å². The minimum absolute atomic E-state index is 0.0117.